The molecule has 2 atom stereocenters. The van der Waals surface area contributed by atoms with E-state index in [9.17, 15) is 4.79 Å². The molecule has 1 fully saturated rings. The number of ether oxygens (including phenoxy) is 1. The molecular formula is C12H14N2O3. The first-order chi connectivity index (χ1) is 8.36. The Morgan fingerprint density at radius 1 is 1.41 bits per heavy atom. The number of likely N-dealkylation sites (tertiary alicyclic amines) is 1. The van der Waals surface area contributed by atoms with Crippen molar-refractivity contribution in [3.8, 4) is 0 Å². The fraction of sp³-hybridized carbons (Fsp3) is 0.500. The molecule has 0 saturated carbocycles. The van der Waals surface area contributed by atoms with Gasteiger partial charge >= 0.3 is 0 Å². The third-order valence-electron chi connectivity index (χ3n) is 3.21. The molecule has 5 heteroatoms. The van der Waals surface area contributed by atoms with Crippen molar-refractivity contribution >= 4 is 12.3 Å². The first-order valence-corrected chi connectivity index (χ1v) is 5.85. The number of nitrogens with zero attached hydrogens (tertiary/aromatic N) is 2. The average molecular weight is 234 g/mol. The minimum atomic E-state index is -0.487. The average Bonchev–Trinajstić information content (AvgIpc) is 3.09. The van der Waals surface area contributed by atoms with Crippen molar-refractivity contribution in [2.45, 2.75) is 25.0 Å². The van der Waals surface area contributed by atoms with Crippen LogP contribution in [0.3, 0.4) is 0 Å². The van der Waals surface area contributed by atoms with Crippen LogP contribution in [0.2, 0.25) is 0 Å². The third kappa shape index (κ3) is 1.81. The summed E-state index contributed by atoms with van der Waals surface area (Å²) in [5.74, 6) is 0.692. The second-order valence-electron chi connectivity index (χ2n) is 4.30. The summed E-state index contributed by atoms with van der Waals surface area (Å²) in [7, 11) is 0. The van der Waals surface area contributed by atoms with Crippen LogP contribution in [0.25, 0.3) is 0 Å². The van der Waals surface area contributed by atoms with Crippen LogP contribution in [0.4, 0.5) is 0 Å². The van der Waals surface area contributed by atoms with Crippen molar-refractivity contribution in [1.82, 2.24) is 4.90 Å². The van der Waals surface area contributed by atoms with Crippen LogP contribution in [0.5, 0.6) is 0 Å². The fourth-order valence-corrected chi connectivity index (χ4v) is 2.31. The van der Waals surface area contributed by atoms with Gasteiger partial charge < -0.3 is 14.1 Å². The van der Waals surface area contributed by atoms with Crippen LogP contribution in [0.15, 0.2) is 27.8 Å². The predicted molar refractivity (Wildman–Crippen MR) is 60.6 cm³/mol. The van der Waals surface area contributed by atoms with Crippen molar-refractivity contribution in [2.75, 3.05) is 13.1 Å². The zero-order valence-electron chi connectivity index (χ0n) is 9.41. The topological polar surface area (TPSA) is 55.0 Å². The minimum Gasteiger partial charge on any atom is -0.470 e. The summed E-state index contributed by atoms with van der Waals surface area (Å²) in [6, 6.07) is 3.11. The number of aliphatic imine (C=N–C) groups is 1. The molecule has 2 unspecified atom stereocenters. The predicted octanol–water partition coefficient (Wildman–Crippen LogP) is 1.37. The maximum atomic E-state index is 12.2. The maximum absolute atomic E-state index is 12.2. The highest BCUT2D eigenvalue weighted by atomic mass is 16.5. The van der Waals surface area contributed by atoms with E-state index in [1.54, 1.807) is 12.3 Å². The Kier molecular flexibility index (Phi) is 2.59. The van der Waals surface area contributed by atoms with E-state index in [1.165, 1.54) is 6.40 Å². The van der Waals surface area contributed by atoms with Gasteiger partial charge in [0, 0.05) is 13.1 Å². The van der Waals surface area contributed by atoms with Crippen molar-refractivity contribution in [3.05, 3.63) is 24.2 Å². The lowest BCUT2D eigenvalue weighted by molar-refractivity contribution is -0.133. The normalized spacial score (nSPS) is 27.4. The van der Waals surface area contributed by atoms with Crippen LogP contribution in [0, 0.1) is 0 Å². The Hall–Kier alpha value is -1.78. The molecule has 0 spiro atoms. The van der Waals surface area contributed by atoms with Gasteiger partial charge in [-0.1, -0.05) is 0 Å². The van der Waals surface area contributed by atoms with Crippen molar-refractivity contribution in [3.63, 3.8) is 0 Å². The van der Waals surface area contributed by atoms with Crippen LogP contribution >= 0.6 is 0 Å². The van der Waals surface area contributed by atoms with Gasteiger partial charge in [-0.2, -0.15) is 0 Å². The van der Waals surface area contributed by atoms with Crippen molar-refractivity contribution in [1.29, 1.82) is 0 Å². The first kappa shape index (κ1) is 10.4. The molecule has 1 aromatic rings. The summed E-state index contributed by atoms with van der Waals surface area (Å²) < 4.78 is 10.6. The van der Waals surface area contributed by atoms with Gasteiger partial charge in [-0.05, 0) is 25.0 Å². The fourth-order valence-electron chi connectivity index (χ4n) is 2.31. The lowest BCUT2D eigenvalue weighted by atomic mass is 10.1. The molecule has 90 valence electrons. The summed E-state index contributed by atoms with van der Waals surface area (Å²) in [5, 5.41) is 0. The molecule has 3 rings (SSSR count). The number of furan rings is 1. The Labute approximate surface area is 99.1 Å². The lowest BCUT2D eigenvalue weighted by Crippen LogP contribution is -2.38. The zero-order valence-corrected chi connectivity index (χ0v) is 9.41. The summed E-state index contributed by atoms with van der Waals surface area (Å²) >= 11 is 0. The minimum absolute atomic E-state index is 0.0395. The second-order valence-corrected chi connectivity index (χ2v) is 4.30. The Balaban J connectivity index is 1.77. The van der Waals surface area contributed by atoms with E-state index in [1.807, 2.05) is 11.0 Å². The molecule has 0 bridgehead atoms. The Morgan fingerprint density at radius 3 is 2.94 bits per heavy atom. The van der Waals surface area contributed by atoms with Crippen molar-refractivity contribution in [2.24, 2.45) is 4.99 Å². The largest absolute Gasteiger partial charge is 0.470 e. The molecule has 0 radical (unpaired) electrons. The van der Waals surface area contributed by atoms with Gasteiger partial charge in [-0.25, -0.2) is 4.99 Å². The summed E-state index contributed by atoms with van der Waals surface area (Å²) in [6.45, 7) is 1.66. The van der Waals surface area contributed by atoms with Crippen LogP contribution in [-0.2, 0) is 9.53 Å². The number of rotatable bonds is 2. The Morgan fingerprint density at radius 2 is 2.24 bits per heavy atom. The number of carbonyl (C=O) groups excluding carboxylic acids is 1. The van der Waals surface area contributed by atoms with Gasteiger partial charge in [0.05, 0.1) is 6.26 Å². The number of hydrogen-bond acceptors (Lipinski definition) is 4. The monoisotopic (exact) mass is 234 g/mol. The molecule has 2 aliphatic rings. The second kappa shape index (κ2) is 4.24. The molecule has 0 aliphatic carbocycles. The highest BCUT2D eigenvalue weighted by Crippen LogP contribution is 2.29. The van der Waals surface area contributed by atoms with Gasteiger partial charge in [-0.15, -0.1) is 0 Å². The maximum Gasteiger partial charge on any atom is 0.251 e. The highest BCUT2D eigenvalue weighted by molar-refractivity contribution is 5.85. The smallest absolute Gasteiger partial charge is 0.251 e. The third-order valence-corrected chi connectivity index (χ3v) is 3.21. The summed E-state index contributed by atoms with van der Waals surface area (Å²) in [5.41, 5.74) is 0. The molecule has 3 heterocycles. The van der Waals surface area contributed by atoms with Gasteiger partial charge in [0.15, 0.2) is 18.5 Å². The molecular weight excluding hydrogens is 220 g/mol. The van der Waals surface area contributed by atoms with E-state index in [-0.39, 0.29) is 5.91 Å². The van der Waals surface area contributed by atoms with Crippen molar-refractivity contribution < 1.29 is 13.9 Å². The van der Waals surface area contributed by atoms with E-state index >= 15 is 0 Å². The van der Waals surface area contributed by atoms with E-state index in [0.29, 0.717) is 5.76 Å². The molecule has 5 nitrogen and oxygen atoms in total. The lowest BCUT2D eigenvalue weighted by Gasteiger charge is -2.21. The molecule has 17 heavy (non-hydrogen) atoms. The molecule has 1 saturated heterocycles. The number of carbonyl (C=O) groups is 1. The quantitative estimate of drug-likeness (QED) is 0.776. The molecule has 1 aromatic heterocycles. The number of amides is 1. The highest BCUT2D eigenvalue weighted by Gasteiger charge is 2.38. The van der Waals surface area contributed by atoms with Crippen LogP contribution in [0.1, 0.15) is 24.7 Å². The molecule has 2 aliphatic heterocycles. The Bertz CT molecular complexity index is 421. The van der Waals surface area contributed by atoms with Crippen LogP contribution in [-0.4, -0.2) is 36.3 Å². The van der Waals surface area contributed by atoms with E-state index in [4.69, 9.17) is 9.15 Å². The van der Waals surface area contributed by atoms with Gasteiger partial charge in [0.2, 0.25) is 0 Å². The van der Waals surface area contributed by atoms with E-state index in [2.05, 4.69) is 4.99 Å². The molecule has 0 N–H and O–H groups in total. The first-order valence-electron chi connectivity index (χ1n) is 5.85. The van der Waals surface area contributed by atoms with E-state index < -0.39 is 12.1 Å². The van der Waals surface area contributed by atoms with Crippen LogP contribution < -0.4 is 0 Å². The van der Waals surface area contributed by atoms with Gasteiger partial charge in [0.1, 0.15) is 5.76 Å². The number of hydrogen-bond donors (Lipinski definition) is 0. The molecule has 0 aromatic carbocycles. The zero-order chi connectivity index (χ0) is 11.7. The van der Waals surface area contributed by atoms with Gasteiger partial charge in [-0.3, -0.25) is 4.79 Å². The van der Waals surface area contributed by atoms with Gasteiger partial charge in [0.25, 0.3) is 5.91 Å². The SMILES string of the molecule is O=C(C1N=COC1c1ccco1)N1CCCC1. The van der Waals surface area contributed by atoms with E-state index in [0.717, 1.165) is 25.9 Å². The summed E-state index contributed by atoms with van der Waals surface area (Å²) in [6.07, 6.45) is 4.68. The summed E-state index contributed by atoms with van der Waals surface area (Å²) in [4.78, 5) is 18.2. The standard InChI is InChI=1S/C12H14N2O3/c15-12(14-5-1-2-6-14)10-11(17-8-13-10)9-4-3-7-16-9/h3-4,7-8,10-11H,1-2,5-6H2. The molecule has 1 amide bonds.